The molecule has 0 aliphatic heterocycles. The highest BCUT2D eigenvalue weighted by molar-refractivity contribution is 14.1. The highest BCUT2D eigenvalue weighted by Gasteiger charge is 2.36. The normalized spacial score (nSPS) is 19.5. The largest absolute Gasteiger partial charge is 0.493 e. The second-order valence-electron chi connectivity index (χ2n) is 8.91. The smallest absolute Gasteiger partial charge is 0.247 e. The summed E-state index contributed by atoms with van der Waals surface area (Å²) in [5.41, 5.74) is 3.29. The van der Waals surface area contributed by atoms with Crippen molar-refractivity contribution < 1.29 is 29.6 Å². The van der Waals surface area contributed by atoms with Crippen molar-refractivity contribution in [1.82, 2.24) is 15.6 Å². The van der Waals surface area contributed by atoms with Gasteiger partial charge in [0.25, 0.3) is 0 Å². The Balaban J connectivity index is 1.52. The number of nitrogens with one attached hydrogen (secondary N) is 3. The number of methoxy groups -OCH3 is 1. The molecule has 0 unspecified atom stereocenters. The first-order valence-corrected chi connectivity index (χ1v) is 13.2. The molecule has 3 atom stereocenters. The molecule has 0 radical (unpaired) electrons. The number of aliphatic hydroxyl groups is 3. The fraction of sp³-hybridized carbons (Fsp3) is 0.370. The maximum atomic E-state index is 12.8. The van der Waals surface area contributed by atoms with Gasteiger partial charge in [-0.05, 0) is 76.7 Å². The van der Waals surface area contributed by atoms with Crippen LogP contribution in [0.5, 0.6) is 11.5 Å². The summed E-state index contributed by atoms with van der Waals surface area (Å²) in [6.45, 7) is 0.409. The highest BCUT2D eigenvalue weighted by atomic mass is 127. The summed E-state index contributed by atoms with van der Waals surface area (Å²) in [7, 11) is 1.51. The molecule has 198 valence electrons. The zero-order valence-electron chi connectivity index (χ0n) is 20.5. The highest BCUT2D eigenvalue weighted by Crippen LogP contribution is 2.36. The summed E-state index contributed by atoms with van der Waals surface area (Å²) in [4.78, 5) is 16.2. The van der Waals surface area contributed by atoms with Crippen LogP contribution < -0.4 is 20.1 Å². The van der Waals surface area contributed by atoms with Crippen molar-refractivity contribution in [3.8, 4) is 11.5 Å². The maximum absolute atomic E-state index is 12.8. The number of hydrogen-bond acceptors (Lipinski definition) is 7. The Hall–Kier alpha value is -2.64. The number of halogens is 1. The third-order valence-corrected chi connectivity index (χ3v) is 7.16. The van der Waals surface area contributed by atoms with Gasteiger partial charge in [0.1, 0.15) is 12.2 Å². The van der Waals surface area contributed by atoms with Gasteiger partial charge in [0, 0.05) is 35.9 Å². The number of amides is 1. The Morgan fingerprint density at radius 3 is 2.73 bits per heavy atom. The molecule has 1 heterocycles. The van der Waals surface area contributed by atoms with E-state index in [1.54, 1.807) is 18.2 Å². The van der Waals surface area contributed by atoms with Crippen LogP contribution in [-0.2, 0) is 17.8 Å². The Morgan fingerprint density at radius 1 is 1.19 bits per heavy atom. The third kappa shape index (κ3) is 6.63. The lowest BCUT2D eigenvalue weighted by Gasteiger charge is -2.34. The van der Waals surface area contributed by atoms with E-state index < -0.39 is 18.2 Å². The van der Waals surface area contributed by atoms with Gasteiger partial charge in [-0.3, -0.25) is 4.79 Å². The van der Waals surface area contributed by atoms with E-state index in [-0.39, 0.29) is 25.7 Å². The lowest BCUT2D eigenvalue weighted by molar-refractivity contribution is -0.118. The zero-order chi connectivity index (χ0) is 26.4. The number of benzene rings is 2. The Kier molecular flexibility index (Phi) is 9.43. The number of aromatic nitrogens is 1. The van der Waals surface area contributed by atoms with Gasteiger partial charge in [-0.2, -0.15) is 0 Å². The van der Waals surface area contributed by atoms with Crippen molar-refractivity contribution in [2.75, 3.05) is 26.8 Å². The predicted molar refractivity (Wildman–Crippen MR) is 149 cm³/mol. The van der Waals surface area contributed by atoms with E-state index in [2.05, 4.69) is 50.3 Å². The molecular formula is C27H32IN3O6. The number of fused-ring (bicyclic) bond motifs is 1. The molecule has 1 aliphatic rings. The molecule has 0 bridgehead atoms. The van der Waals surface area contributed by atoms with E-state index in [0.29, 0.717) is 45.6 Å². The molecule has 1 aliphatic carbocycles. The van der Waals surface area contributed by atoms with Crippen LogP contribution >= 0.6 is 22.6 Å². The molecule has 1 amide bonds. The summed E-state index contributed by atoms with van der Waals surface area (Å²) < 4.78 is 12.4. The Morgan fingerprint density at radius 2 is 2.00 bits per heavy atom. The molecule has 2 aromatic carbocycles. The second kappa shape index (κ2) is 12.7. The molecule has 1 aromatic heterocycles. The van der Waals surface area contributed by atoms with Crippen LogP contribution in [0.1, 0.15) is 17.7 Å². The van der Waals surface area contributed by atoms with Crippen LogP contribution in [0.15, 0.2) is 54.1 Å². The van der Waals surface area contributed by atoms with Crippen molar-refractivity contribution in [3.05, 3.63) is 68.9 Å². The van der Waals surface area contributed by atoms with Crippen molar-refractivity contribution in [2.24, 2.45) is 0 Å². The Labute approximate surface area is 229 Å². The number of carbonyl (C=O) groups excluding carboxylic acids is 1. The van der Waals surface area contributed by atoms with E-state index in [9.17, 15) is 15.0 Å². The summed E-state index contributed by atoms with van der Waals surface area (Å²) in [5, 5.41) is 37.1. The van der Waals surface area contributed by atoms with Crippen LogP contribution in [0.25, 0.3) is 10.9 Å². The number of H-pyrrole nitrogens is 1. The minimum absolute atomic E-state index is 0.136. The zero-order valence-corrected chi connectivity index (χ0v) is 22.7. The first-order valence-electron chi connectivity index (χ1n) is 12.1. The maximum Gasteiger partial charge on any atom is 0.247 e. The molecule has 6 N–H and O–H groups in total. The standard InChI is InChI=1S/C27H32IN3O6/c1-36-24-11-16(15-33)10-20(28)26(24)37-23-14-18(27(35)30-8-9-32)13-22(25(23)34)29-7-6-19-12-17-4-2-3-5-21(17)31-19/h2-5,10-12,14,22-23,25,29,31-34H,6-9,13,15H2,1H3,(H,30,35)/t22-,23+,25+/m1/s1. The molecule has 9 nitrogen and oxygen atoms in total. The minimum Gasteiger partial charge on any atom is -0.493 e. The number of aromatic amines is 1. The third-order valence-electron chi connectivity index (χ3n) is 6.36. The number of ether oxygens (including phenoxy) is 2. The fourth-order valence-corrected chi connectivity index (χ4v) is 5.27. The molecule has 4 rings (SSSR count). The van der Waals surface area contributed by atoms with E-state index in [1.807, 2.05) is 18.2 Å². The van der Waals surface area contributed by atoms with Crippen LogP contribution in [0.2, 0.25) is 0 Å². The molecule has 37 heavy (non-hydrogen) atoms. The lowest BCUT2D eigenvalue weighted by Crippen LogP contribution is -2.52. The SMILES string of the molecule is COc1cc(CO)cc(I)c1O[C@H]1C=C(C(=O)NCCO)C[C@@H](NCCc2cc3ccccc3[nH]2)[C@@H]1O. The molecule has 0 saturated heterocycles. The van der Waals surface area contributed by atoms with Gasteiger partial charge in [-0.15, -0.1) is 0 Å². The monoisotopic (exact) mass is 621 g/mol. The van der Waals surface area contributed by atoms with Crippen molar-refractivity contribution in [1.29, 1.82) is 0 Å². The van der Waals surface area contributed by atoms with Gasteiger partial charge in [0.05, 0.1) is 23.9 Å². The lowest BCUT2D eigenvalue weighted by atomic mass is 9.89. The van der Waals surface area contributed by atoms with E-state index >= 15 is 0 Å². The van der Waals surface area contributed by atoms with Crippen molar-refractivity contribution in [3.63, 3.8) is 0 Å². The molecular weight excluding hydrogens is 589 g/mol. The van der Waals surface area contributed by atoms with Crippen LogP contribution in [0.4, 0.5) is 0 Å². The number of carbonyl (C=O) groups is 1. The molecule has 10 heteroatoms. The number of rotatable bonds is 11. The number of aliphatic hydroxyl groups excluding tert-OH is 3. The molecule has 0 fully saturated rings. The van der Waals surface area contributed by atoms with E-state index in [0.717, 1.165) is 16.6 Å². The summed E-state index contributed by atoms with van der Waals surface area (Å²) in [6.07, 6.45) is 0.894. The summed E-state index contributed by atoms with van der Waals surface area (Å²) in [6, 6.07) is 13.2. The molecule has 0 saturated carbocycles. The van der Waals surface area contributed by atoms with Gasteiger partial charge < -0.3 is 40.4 Å². The first kappa shape index (κ1) is 27.4. The van der Waals surface area contributed by atoms with Gasteiger partial charge in [-0.1, -0.05) is 18.2 Å². The Bertz CT molecular complexity index is 1230. The summed E-state index contributed by atoms with van der Waals surface area (Å²) >= 11 is 2.09. The van der Waals surface area contributed by atoms with E-state index in [1.165, 1.54) is 7.11 Å². The quantitative estimate of drug-likeness (QED) is 0.181. The van der Waals surface area contributed by atoms with Gasteiger partial charge in [0.2, 0.25) is 5.91 Å². The van der Waals surface area contributed by atoms with Crippen LogP contribution in [0.3, 0.4) is 0 Å². The fourth-order valence-electron chi connectivity index (χ4n) is 4.47. The van der Waals surface area contributed by atoms with Gasteiger partial charge >= 0.3 is 0 Å². The predicted octanol–water partition coefficient (Wildman–Crippen LogP) is 2.02. The average Bonchev–Trinajstić information content (AvgIpc) is 3.32. The second-order valence-corrected chi connectivity index (χ2v) is 10.1. The summed E-state index contributed by atoms with van der Waals surface area (Å²) in [5.74, 6) is 0.542. The first-order chi connectivity index (χ1) is 17.9. The van der Waals surface area contributed by atoms with E-state index in [4.69, 9.17) is 14.6 Å². The minimum atomic E-state index is -0.935. The van der Waals surface area contributed by atoms with Crippen LogP contribution in [-0.4, -0.2) is 71.3 Å². The molecule has 3 aromatic rings. The number of para-hydroxylation sites is 1. The number of hydrogen-bond donors (Lipinski definition) is 6. The van der Waals surface area contributed by atoms with Crippen molar-refractivity contribution in [2.45, 2.75) is 37.7 Å². The molecule has 0 spiro atoms. The van der Waals surface area contributed by atoms with Gasteiger partial charge in [-0.25, -0.2) is 0 Å². The van der Waals surface area contributed by atoms with Crippen molar-refractivity contribution >= 4 is 39.4 Å². The van der Waals surface area contributed by atoms with Crippen LogP contribution in [0, 0.1) is 3.57 Å². The topological polar surface area (TPSA) is 136 Å². The average molecular weight is 621 g/mol. The van der Waals surface area contributed by atoms with Gasteiger partial charge in [0.15, 0.2) is 11.5 Å².